The number of aryl methyl sites for hydroxylation is 1. The van der Waals surface area contributed by atoms with Crippen LogP contribution in [0.1, 0.15) is 28.2 Å². The van der Waals surface area contributed by atoms with Crippen molar-refractivity contribution in [2.45, 2.75) is 18.3 Å². The molecule has 2 aliphatic rings. The van der Waals surface area contributed by atoms with Crippen LogP contribution in [0.25, 0.3) is 0 Å². The van der Waals surface area contributed by atoms with E-state index >= 15 is 0 Å². The maximum Gasteiger partial charge on any atom is 0.279 e. The highest BCUT2D eigenvalue weighted by Gasteiger charge is 2.71. The van der Waals surface area contributed by atoms with Crippen LogP contribution in [0.4, 0.5) is 15.8 Å². The van der Waals surface area contributed by atoms with Gasteiger partial charge in [0.1, 0.15) is 5.82 Å². The van der Waals surface area contributed by atoms with Gasteiger partial charge in [-0.2, -0.15) is 12.7 Å². The molecule has 3 N–H and O–H groups in total. The third-order valence-corrected chi connectivity index (χ3v) is 8.76. The predicted molar refractivity (Wildman–Crippen MR) is 133 cm³/mol. The van der Waals surface area contributed by atoms with Gasteiger partial charge in [-0.3, -0.25) is 0 Å². The topological polar surface area (TPSA) is 85.3 Å². The molecule has 8 heteroatoms. The minimum Gasteiger partial charge on any atom is -0.355 e. The number of halogens is 1. The Bertz CT molecular complexity index is 1350. The average molecular weight is 479 g/mol. The molecular formula is C26H27FN4O2S. The van der Waals surface area contributed by atoms with Crippen molar-refractivity contribution in [3.05, 3.63) is 94.8 Å². The standard InChI is InChI=1S/C26H27FN4O2S/c1-17-12-24(30-21-10-8-20(27)9-11-21)19(14-28)13-22(17)26-16-31(34(32,33)29-2)15-23(26)25(26)18-6-4-3-5-7-18/h3-14,23,25,28-30H,15-16H2,1-2H3/t23-,25-,26+/m1/s1. The molecule has 1 saturated heterocycles. The predicted octanol–water partition coefficient (Wildman–Crippen LogP) is 4.31. The molecule has 0 bridgehead atoms. The summed E-state index contributed by atoms with van der Waals surface area (Å²) < 4.78 is 42.5. The van der Waals surface area contributed by atoms with Crippen LogP contribution in [0.3, 0.4) is 0 Å². The second-order valence-electron chi connectivity index (χ2n) is 9.07. The number of fused-ring (bicyclic) bond motifs is 1. The minimum atomic E-state index is -3.54. The molecule has 1 heterocycles. The number of anilines is 2. The zero-order chi connectivity index (χ0) is 24.1. The van der Waals surface area contributed by atoms with E-state index in [0.29, 0.717) is 18.7 Å². The van der Waals surface area contributed by atoms with Gasteiger partial charge in [0.15, 0.2) is 0 Å². The molecule has 0 unspecified atom stereocenters. The average Bonchev–Trinajstić information content (AvgIpc) is 3.29. The van der Waals surface area contributed by atoms with Crippen LogP contribution in [0, 0.1) is 24.1 Å². The lowest BCUT2D eigenvalue weighted by Crippen LogP contribution is -2.40. The number of nitrogens with one attached hydrogen (secondary N) is 3. The highest BCUT2D eigenvalue weighted by Crippen LogP contribution is 2.70. The molecule has 0 aromatic heterocycles. The van der Waals surface area contributed by atoms with E-state index in [1.807, 2.05) is 37.3 Å². The first kappa shape index (κ1) is 22.7. The van der Waals surface area contributed by atoms with Crippen LogP contribution in [0.2, 0.25) is 0 Å². The molecule has 176 valence electrons. The Kier molecular flexibility index (Phi) is 5.55. The fraction of sp³-hybridized carbons (Fsp3) is 0.269. The van der Waals surface area contributed by atoms with Crippen molar-refractivity contribution in [1.29, 1.82) is 5.41 Å². The number of hydrogen-bond acceptors (Lipinski definition) is 4. The second kappa shape index (κ2) is 8.30. The third kappa shape index (κ3) is 3.62. The fourth-order valence-electron chi connectivity index (χ4n) is 5.68. The van der Waals surface area contributed by atoms with E-state index in [-0.39, 0.29) is 23.1 Å². The van der Waals surface area contributed by atoms with Crippen molar-refractivity contribution in [2.24, 2.45) is 5.92 Å². The molecule has 5 rings (SSSR count). The Balaban J connectivity index is 1.57. The summed E-state index contributed by atoms with van der Waals surface area (Å²) in [7, 11) is -2.10. The quantitative estimate of drug-likeness (QED) is 0.443. The van der Waals surface area contributed by atoms with Crippen LogP contribution in [0.5, 0.6) is 0 Å². The summed E-state index contributed by atoms with van der Waals surface area (Å²) in [6, 6.07) is 20.4. The summed E-state index contributed by atoms with van der Waals surface area (Å²) in [5.41, 5.74) is 5.15. The van der Waals surface area contributed by atoms with E-state index in [9.17, 15) is 12.8 Å². The number of rotatable bonds is 7. The van der Waals surface area contributed by atoms with Gasteiger partial charge in [0.2, 0.25) is 0 Å². The van der Waals surface area contributed by atoms with Crippen molar-refractivity contribution in [3.8, 4) is 0 Å². The van der Waals surface area contributed by atoms with Gasteiger partial charge in [0, 0.05) is 54.6 Å². The summed E-state index contributed by atoms with van der Waals surface area (Å²) in [4.78, 5) is 0. The number of nitrogens with zero attached hydrogens (tertiary/aromatic N) is 1. The molecule has 6 nitrogen and oxygen atoms in total. The summed E-state index contributed by atoms with van der Waals surface area (Å²) in [5.74, 6) is 0.0638. The first-order chi connectivity index (χ1) is 16.3. The van der Waals surface area contributed by atoms with Gasteiger partial charge in [0.05, 0.1) is 0 Å². The number of piperidine rings is 1. The van der Waals surface area contributed by atoms with Gasteiger partial charge < -0.3 is 10.7 Å². The van der Waals surface area contributed by atoms with Gasteiger partial charge in [-0.25, -0.2) is 9.11 Å². The van der Waals surface area contributed by atoms with Crippen molar-refractivity contribution in [2.75, 3.05) is 25.5 Å². The monoisotopic (exact) mass is 478 g/mol. The maximum atomic E-state index is 13.3. The van der Waals surface area contributed by atoms with Crippen LogP contribution in [-0.4, -0.2) is 39.1 Å². The van der Waals surface area contributed by atoms with E-state index in [2.05, 4.69) is 22.2 Å². The lowest BCUT2D eigenvalue weighted by atomic mass is 9.86. The van der Waals surface area contributed by atoms with Crippen LogP contribution in [0.15, 0.2) is 66.7 Å². The Labute approximate surface area is 199 Å². The van der Waals surface area contributed by atoms with E-state index in [1.165, 1.54) is 35.3 Å². The summed E-state index contributed by atoms with van der Waals surface area (Å²) in [6.07, 6.45) is 1.30. The molecular weight excluding hydrogens is 451 g/mol. The molecule has 2 fully saturated rings. The molecule has 3 atom stereocenters. The normalized spacial score (nSPS) is 24.0. The smallest absolute Gasteiger partial charge is 0.279 e. The van der Waals surface area contributed by atoms with Gasteiger partial charge in [-0.1, -0.05) is 30.3 Å². The van der Waals surface area contributed by atoms with E-state index < -0.39 is 10.2 Å². The Morgan fingerprint density at radius 3 is 2.47 bits per heavy atom. The summed E-state index contributed by atoms with van der Waals surface area (Å²) in [6.45, 7) is 2.88. The molecule has 0 radical (unpaired) electrons. The van der Waals surface area contributed by atoms with Gasteiger partial charge in [0.25, 0.3) is 10.2 Å². The molecule has 34 heavy (non-hydrogen) atoms. The van der Waals surface area contributed by atoms with E-state index in [0.717, 1.165) is 22.5 Å². The summed E-state index contributed by atoms with van der Waals surface area (Å²) >= 11 is 0. The minimum absolute atomic E-state index is 0.159. The van der Waals surface area contributed by atoms with E-state index in [1.54, 1.807) is 12.1 Å². The van der Waals surface area contributed by atoms with Gasteiger partial charge in [-0.15, -0.1) is 0 Å². The molecule has 1 saturated carbocycles. The number of benzene rings is 3. The van der Waals surface area contributed by atoms with E-state index in [4.69, 9.17) is 5.41 Å². The molecule has 0 amide bonds. The zero-order valence-corrected chi connectivity index (χ0v) is 19.9. The molecule has 3 aromatic carbocycles. The molecule has 0 spiro atoms. The number of hydrogen-bond donors (Lipinski definition) is 3. The Morgan fingerprint density at radius 1 is 1.12 bits per heavy atom. The SMILES string of the molecule is CNS(=O)(=O)N1C[C@@H]2[C@@H](c3ccccc3)[C@]2(c2cc(C=N)c(Nc3ccc(F)cc3)cc2C)C1. The highest BCUT2D eigenvalue weighted by molar-refractivity contribution is 7.87. The van der Waals surface area contributed by atoms with Gasteiger partial charge in [-0.05, 0) is 65.9 Å². The molecule has 3 aromatic rings. The zero-order valence-electron chi connectivity index (χ0n) is 19.0. The Hall–Kier alpha value is -3.07. The Morgan fingerprint density at radius 2 is 1.82 bits per heavy atom. The van der Waals surface area contributed by atoms with Crippen molar-refractivity contribution < 1.29 is 12.8 Å². The molecule has 1 aliphatic carbocycles. The first-order valence-corrected chi connectivity index (χ1v) is 12.7. The maximum absolute atomic E-state index is 13.3. The summed E-state index contributed by atoms with van der Waals surface area (Å²) in [5, 5.41) is 11.3. The van der Waals surface area contributed by atoms with Crippen LogP contribution >= 0.6 is 0 Å². The van der Waals surface area contributed by atoms with Gasteiger partial charge >= 0.3 is 0 Å². The largest absolute Gasteiger partial charge is 0.355 e. The highest BCUT2D eigenvalue weighted by atomic mass is 32.2. The third-order valence-electron chi connectivity index (χ3n) is 7.28. The van der Waals surface area contributed by atoms with Crippen molar-refractivity contribution in [3.63, 3.8) is 0 Å². The lowest BCUT2D eigenvalue weighted by molar-refractivity contribution is 0.416. The van der Waals surface area contributed by atoms with Crippen molar-refractivity contribution >= 4 is 27.8 Å². The van der Waals surface area contributed by atoms with Crippen molar-refractivity contribution in [1.82, 2.24) is 9.03 Å². The first-order valence-electron chi connectivity index (χ1n) is 11.2. The van der Waals surface area contributed by atoms with Crippen LogP contribution in [-0.2, 0) is 15.6 Å². The second-order valence-corrected chi connectivity index (χ2v) is 10.9. The fourth-order valence-corrected chi connectivity index (χ4v) is 6.67. The van der Waals surface area contributed by atoms with Crippen LogP contribution < -0.4 is 10.0 Å². The molecule has 1 aliphatic heterocycles. The lowest BCUT2D eigenvalue weighted by Gasteiger charge is -2.25.